The number of aromatic nitrogens is 1. The van der Waals surface area contributed by atoms with E-state index in [0.717, 1.165) is 35.4 Å². The number of rotatable bonds is 5. The number of halogens is 1. The number of aliphatic imine (C=N–C) groups is 1. The summed E-state index contributed by atoms with van der Waals surface area (Å²) in [6.07, 6.45) is 3.16. The molecule has 1 aromatic heterocycles. The van der Waals surface area contributed by atoms with E-state index in [4.69, 9.17) is 15.2 Å². The number of hydrogen-bond acceptors (Lipinski definition) is 5. The average molecular weight is 491 g/mol. The molecule has 0 unspecified atom stereocenters. The van der Waals surface area contributed by atoms with Gasteiger partial charge in [0, 0.05) is 36.5 Å². The van der Waals surface area contributed by atoms with E-state index in [1.165, 1.54) is 0 Å². The van der Waals surface area contributed by atoms with Gasteiger partial charge in [-0.05, 0) is 33.6 Å². The molecule has 0 saturated carbocycles. The average Bonchev–Trinajstić information content (AvgIpc) is 2.62. The van der Waals surface area contributed by atoms with E-state index in [2.05, 4.69) is 15.3 Å². The summed E-state index contributed by atoms with van der Waals surface area (Å²) in [6, 6.07) is 0.200. The summed E-state index contributed by atoms with van der Waals surface area (Å²) in [5.41, 5.74) is 8.84. The largest absolute Gasteiger partial charge is 0.496 e. The van der Waals surface area contributed by atoms with Gasteiger partial charge in [-0.25, -0.2) is 9.79 Å². The highest BCUT2D eigenvalue weighted by molar-refractivity contribution is 14.0. The molecule has 1 aromatic rings. The predicted molar refractivity (Wildman–Crippen MR) is 116 cm³/mol. The number of hydrogen-bond donors (Lipinski definition) is 2. The van der Waals surface area contributed by atoms with Crippen LogP contribution in [0.15, 0.2) is 11.2 Å². The predicted octanol–water partition coefficient (Wildman–Crippen LogP) is 2.35. The normalized spacial score (nSPS) is 15.1. The molecule has 0 spiro atoms. The third kappa shape index (κ3) is 6.40. The second-order valence-corrected chi connectivity index (χ2v) is 6.35. The molecule has 0 aromatic carbocycles. The first-order chi connectivity index (χ1) is 12.5. The number of nitrogens with zero attached hydrogens (tertiary/aromatic N) is 3. The zero-order valence-electron chi connectivity index (χ0n) is 16.4. The van der Waals surface area contributed by atoms with Crippen LogP contribution in [-0.4, -0.2) is 54.8 Å². The molecule has 3 N–H and O–H groups in total. The quantitative estimate of drug-likeness (QED) is 0.373. The Morgan fingerprint density at radius 2 is 2.07 bits per heavy atom. The number of ether oxygens (including phenoxy) is 2. The number of nitrogens with two attached hydrogens (primary N) is 1. The lowest BCUT2D eigenvalue weighted by molar-refractivity contribution is 0.0963. The fourth-order valence-electron chi connectivity index (χ4n) is 3.07. The number of methoxy groups -OCH3 is 1. The van der Waals surface area contributed by atoms with Gasteiger partial charge in [0.05, 0.1) is 26.0 Å². The first kappa shape index (κ1) is 23.3. The number of nitrogens with one attached hydrogen (secondary N) is 1. The summed E-state index contributed by atoms with van der Waals surface area (Å²) in [6.45, 7) is 7.84. The number of piperidine rings is 1. The van der Waals surface area contributed by atoms with Crippen molar-refractivity contribution in [2.75, 3.05) is 26.8 Å². The van der Waals surface area contributed by atoms with Crippen LogP contribution in [0.5, 0.6) is 5.75 Å². The smallest absolute Gasteiger partial charge is 0.409 e. The molecule has 152 valence electrons. The van der Waals surface area contributed by atoms with Gasteiger partial charge in [-0.3, -0.25) is 4.98 Å². The standard InChI is InChI=1S/C18H29N5O3.HI/c1-5-26-18(24)23-8-6-14(7-9-23)22-17(19)21-11-15-13(3)16(25-4)12(2)10-20-15;/h10,14H,5-9,11H2,1-4H3,(H3,19,21,22);1H. The first-order valence-corrected chi connectivity index (χ1v) is 8.93. The van der Waals surface area contributed by atoms with E-state index in [9.17, 15) is 4.79 Å². The van der Waals surface area contributed by atoms with Gasteiger partial charge in [0.2, 0.25) is 0 Å². The Labute approximate surface area is 177 Å². The van der Waals surface area contributed by atoms with Crippen LogP contribution in [0, 0.1) is 13.8 Å². The lowest BCUT2D eigenvalue weighted by atomic mass is 10.1. The zero-order chi connectivity index (χ0) is 19.1. The molecule has 2 rings (SSSR count). The molecular formula is C18H30IN5O3. The van der Waals surface area contributed by atoms with E-state index in [1.807, 2.05) is 20.8 Å². The number of carbonyl (C=O) groups is 1. The third-order valence-corrected chi connectivity index (χ3v) is 4.52. The number of guanidine groups is 1. The Bertz CT molecular complexity index is 661. The summed E-state index contributed by atoms with van der Waals surface area (Å²) in [4.78, 5) is 22.3. The van der Waals surface area contributed by atoms with Crippen molar-refractivity contribution in [2.45, 2.75) is 46.2 Å². The monoisotopic (exact) mass is 491 g/mol. The third-order valence-electron chi connectivity index (χ3n) is 4.52. The molecule has 1 amide bonds. The maximum absolute atomic E-state index is 11.7. The number of amides is 1. The fraction of sp³-hybridized carbons (Fsp3) is 0.611. The zero-order valence-corrected chi connectivity index (χ0v) is 18.8. The molecule has 1 aliphatic heterocycles. The van der Waals surface area contributed by atoms with Crippen molar-refractivity contribution >= 4 is 36.0 Å². The molecule has 9 heteroatoms. The van der Waals surface area contributed by atoms with Crippen molar-refractivity contribution in [3.8, 4) is 5.75 Å². The Morgan fingerprint density at radius 1 is 1.41 bits per heavy atom. The number of likely N-dealkylation sites (tertiary alicyclic amines) is 1. The minimum absolute atomic E-state index is 0. The van der Waals surface area contributed by atoms with Crippen molar-refractivity contribution in [2.24, 2.45) is 10.7 Å². The van der Waals surface area contributed by atoms with Gasteiger partial charge < -0.3 is 25.4 Å². The highest BCUT2D eigenvalue weighted by Gasteiger charge is 2.23. The van der Waals surface area contributed by atoms with Gasteiger partial charge in [0.15, 0.2) is 5.96 Å². The molecule has 1 aliphatic rings. The lowest BCUT2D eigenvalue weighted by Gasteiger charge is -2.31. The maximum Gasteiger partial charge on any atom is 0.409 e. The van der Waals surface area contributed by atoms with Gasteiger partial charge in [0.1, 0.15) is 5.75 Å². The van der Waals surface area contributed by atoms with Crippen molar-refractivity contribution in [3.63, 3.8) is 0 Å². The van der Waals surface area contributed by atoms with Crippen LogP contribution in [0.4, 0.5) is 4.79 Å². The summed E-state index contributed by atoms with van der Waals surface area (Å²) < 4.78 is 10.4. The summed E-state index contributed by atoms with van der Waals surface area (Å²) in [5.74, 6) is 1.23. The van der Waals surface area contributed by atoms with E-state index >= 15 is 0 Å². The number of aryl methyl sites for hydroxylation is 1. The Kier molecular flexibility index (Phi) is 9.61. The van der Waals surface area contributed by atoms with Crippen LogP contribution in [0.2, 0.25) is 0 Å². The van der Waals surface area contributed by atoms with Crippen LogP contribution in [0.1, 0.15) is 36.6 Å². The first-order valence-electron chi connectivity index (χ1n) is 8.93. The van der Waals surface area contributed by atoms with E-state index in [-0.39, 0.29) is 36.1 Å². The second kappa shape index (κ2) is 11.2. The molecule has 0 bridgehead atoms. The molecule has 1 saturated heterocycles. The van der Waals surface area contributed by atoms with Crippen LogP contribution < -0.4 is 15.8 Å². The van der Waals surface area contributed by atoms with Crippen LogP contribution >= 0.6 is 24.0 Å². The van der Waals surface area contributed by atoms with Crippen molar-refractivity contribution in [3.05, 3.63) is 23.0 Å². The van der Waals surface area contributed by atoms with E-state index < -0.39 is 0 Å². The highest BCUT2D eigenvalue weighted by Crippen LogP contribution is 2.24. The van der Waals surface area contributed by atoms with Crippen LogP contribution in [0.25, 0.3) is 0 Å². The minimum atomic E-state index is -0.248. The highest BCUT2D eigenvalue weighted by atomic mass is 127. The van der Waals surface area contributed by atoms with Gasteiger partial charge in [0.25, 0.3) is 0 Å². The van der Waals surface area contributed by atoms with E-state index in [0.29, 0.717) is 32.2 Å². The molecule has 0 aliphatic carbocycles. The summed E-state index contributed by atoms with van der Waals surface area (Å²) in [5, 5.41) is 3.23. The van der Waals surface area contributed by atoms with Gasteiger partial charge in [-0.2, -0.15) is 0 Å². The van der Waals surface area contributed by atoms with Crippen LogP contribution in [0.3, 0.4) is 0 Å². The fourth-order valence-corrected chi connectivity index (χ4v) is 3.07. The van der Waals surface area contributed by atoms with Gasteiger partial charge >= 0.3 is 6.09 Å². The van der Waals surface area contributed by atoms with E-state index in [1.54, 1.807) is 18.2 Å². The van der Waals surface area contributed by atoms with Gasteiger partial charge in [-0.15, -0.1) is 24.0 Å². The Hall–Kier alpha value is -1.78. The SMILES string of the molecule is CCOC(=O)N1CCC(NC(N)=NCc2ncc(C)c(OC)c2C)CC1.I. The summed E-state index contributed by atoms with van der Waals surface area (Å²) in [7, 11) is 1.65. The molecule has 0 radical (unpaired) electrons. The van der Waals surface area contributed by atoms with Crippen LogP contribution in [-0.2, 0) is 11.3 Å². The van der Waals surface area contributed by atoms with Crippen molar-refractivity contribution in [1.82, 2.24) is 15.2 Å². The lowest BCUT2D eigenvalue weighted by Crippen LogP contribution is -2.48. The topological polar surface area (TPSA) is 102 Å². The van der Waals surface area contributed by atoms with Gasteiger partial charge in [-0.1, -0.05) is 0 Å². The number of pyridine rings is 1. The van der Waals surface area contributed by atoms with Crippen molar-refractivity contribution < 1.29 is 14.3 Å². The molecule has 2 heterocycles. The second-order valence-electron chi connectivity index (χ2n) is 6.35. The maximum atomic E-state index is 11.7. The number of carbonyl (C=O) groups excluding carboxylic acids is 1. The molecule has 27 heavy (non-hydrogen) atoms. The molecule has 1 fully saturated rings. The Balaban J connectivity index is 0.00000364. The minimum Gasteiger partial charge on any atom is -0.496 e. The molecular weight excluding hydrogens is 461 g/mol. The summed E-state index contributed by atoms with van der Waals surface area (Å²) >= 11 is 0. The molecule has 0 atom stereocenters. The Morgan fingerprint density at radius 3 is 2.67 bits per heavy atom. The molecule has 8 nitrogen and oxygen atoms in total. The van der Waals surface area contributed by atoms with Crippen molar-refractivity contribution in [1.29, 1.82) is 0 Å².